The van der Waals surface area contributed by atoms with Gasteiger partial charge >= 0.3 is 0 Å². The Balaban J connectivity index is 1.85. The van der Waals surface area contributed by atoms with E-state index in [0.717, 1.165) is 18.6 Å². The van der Waals surface area contributed by atoms with Gasteiger partial charge in [0.25, 0.3) is 0 Å². The summed E-state index contributed by atoms with van der Waals surface area (Å²) in [5.41, 5.74) is -0.865. The van der Waals surface area contributed by atoms with Crippen LogP contribution >= 0.6 is 0 Å². The minimum Gasteiger partial charge on any atom is -0.378 e. The van der Waals surface area contributed by atoms with Gasteiger partial charge in [0.15, 0.2) is 0 Å². The Morgan fingerprint density at radius 3 is 2.50 bits per heavy atom. The zero-order chi connectivity index (χ0) is 14.6. The lowest BCUT2D eigenvalue weighted by atomic mass is 9.81. The molecule has 6 heteroatoms. The molecule has 1 aromatic carbocycles. The second-order valence-corrected chi connectivity index (χ2v) is 6.56. The molecule has 2 N–H and O–H groups in total. The number of hydrogen-bond donors (Lipinski definition) is 2. The molecule has 108 valence electrons. The highest BCUT2D eigenvalue weighted by atomic mass is 32.2. The standard InChI is InChI=1S/C14H16FNO3S/c15-12-4-6-13(7-5-12)20(18,19)16-11-2-1-8-14(17)9-3-10-14/h4-7,16-17H,2-3,9-11H2. The van der Waals surface area contributed by atoms with E-state index in [0.29, 0.717) is 19.3 Å². The van der Waals surface area contributed by atoms with Crippen molar-refractivity contribution in [3.8, 4) is 11.8 Å². The van der Waals surface area contributed by atoms with Crippen LogP contribution in [0.4, 0.5) is 4.39 Å². The van der Waals surface area contributed by atoms with Gasteiger partial charge in [-0.25, -0.2) is 17.5 Å². The van der Waals surface area contributed by atoms with Crippen LogP contribution in [0.25, 0.3) is 0 Å². The van der Waals surface area contributed by atoms with Gasteiger partial charge in [0, 0.05) is 13.0 Å². The third-order valence-corrected chi connectivity index (χ3v) is 4.64. The Morgan fingerprint density at radius 2 is 1.95 bits per heavy atom. The lowest BCUT2D eigenvalue weighted by molar-refractivity contribution is 0.0239. The quantitative estimate of drug-likeness (QED) is 0.652. The molecule has 4 nitrogen and oxygen atoms in total. The molecule has 1 aromatic rings. The third kappa shape index (κ3) is 3.79. The molecule has 0 bridgehead atoms. The molecular weight excluding hydrogens is 281 g/mol. The van der Waals surface area contributed by atoms with Crippen molar-refractivity contribution in [2.24, 2.45) is 0 Å². The molecule has 0 amide bonds. The predicted molar refractivity (Wildman–Crippen MR) is 72.8 cm³/mol. The van der Waals surface area contributed by atoms with Crippen LogP contribution in [-0.4, -0.2) is 25.7 Å². The first kappa shape index (κ1) is 15.0. The van der Waals surface area contributed by atoms with E-state index in [1.807, 2.05) is 0 Å². The Kier molecular flexibility index (Phi) is 4.43. The van der Waals surface area contributed by atoms with Gasteiger partial charge in [0.2, 0.25) is 10.0 Å². The SMILES string of the molecule is O=S(=O)(NCCC#CC1(O)CCC1)c1ccc(F)cc1. The minimum atomic E-state index is -3.63. The van der Waals surface area contributed by atoms with E-state index in [9.17, 15) is 17.9 Å². The van der Waals surface area contributed by atoms with Crippen LogP contribution in [0, 0.1) is 17.7 Å². The van der Waals surface area contributed by atoms with Crippen LogP contribution in [0.15, 0.2) is 29.2 Å². The van der Waals surface area contributed by atoms with Gasteiger partial charge in [0.05, 0.1) is 4.90 Å². The van der Waals surface area contributed by atoms with Crippen LogP contribution in [-0.2, 0) is 10.0 Å². The third-order valence-electron chi connectivity index (χ3n) is 3.17. The average Bonchev–Trinajstić information content (AvgIpc) is 2.36. The summed E-state index contributed by atoms with van der Waals surface area (Å²) < 4.78 is 38.8. The molecule has 0 radical (unpaired) electrons. The number of halogens is 1. The summed E-state index contributed by atoms with van der Waals surface area (Å²) in [5.74, 6) is 5.04. The molecule has 20 heavy (non-hydrogen) atoms. The van der Waals surface area contributed by atoms with Crippen LogP contribution < -0.4 is 4.72 Å². The smallest absolute Gasteiger partial charge is 0.240 e. The van der Waals surface area contributed by atoms with E-state index < -0.39 is 21.4 Å². The molecule has 0 unspecified atom stereocenters. The highest BCUT2D eigenvalue weighted by Crippen LogP contribution is 2.30. The summed E-state index contributed by atoms with van der Waals surface area (Å²) >= 11 is 0. The second-order valence-electron chi connectivity index (χ2n) is 4.79. The molecule has 1 aliphatic rings. The molecule has 0 aliphatic heterocycles. The molecular formula is C14H16FNO3S. The summed E-state index contributed by atoms with van der Waals surface area (Å²) in [5, 5.41) is 9.73. The maximum Gasteiger partial charge on any atom is 0.240 e. The van der Waals surface area contributed by atoms with Crippen molar-refractivity contribution < 1.29 is 17.9 Å². The van der Waals surface area contributed by atoms with Gasteiger partial charge in [-0.15, -0.1) is 0 Å². The van der Waals surface area contributed by atoms with Crippen LogP contribution in [0.1, 0.15) is 25.7 Å². The molecule has 1 fully saturated rings. The molecule has 0 saturated heterocycles. The topological polar surface area (TPSA) is 66.4 Å². The number of nitrogens with one attached hydrogen (secondary N) is 1. The fourth-order valence-corrected chi connectivity index (χ4v) is 2.84. The fraction of sp³-hybridized carbons (Fsp3) is 0.429. The number of rotatable bonds is 4. The molecule has 0 aromatic heterocycles. The van der Waals surface area contributed by atoms with E-state index >= 15 is 0 Å². The first-order valence-electron chi connectivity index (χ1n) is 6.39. The number of aliphatic hydroxyl groups is 1. The molecule has 2 rings (SSSR count). The molecule has 0 atom stereocenters. The van der Waals surface area contributed by atoms with Crippen molar-refractivity contribution in [1.82, 2.24) is 4.72 Å². The largest absolute Gasteiger partial charge is 0.378 e. The highest BCUT2D eigenvalue weighted by Gasteiger charge is 2.31. The second kappa shape index (κ2) is 5.92. The minimum absolute atomic E-state index is 0.0180. The van der Waals surface area contributed by atoms with Crippen molar-refractivity contribution in [3.05, 3.63) is 30.1 Å². The maximum absolute atomic E-state index is 12.7. The number of sulfonamides is 1. The van der Waals surface area contributed by atoms with Crippen LogP contribution in [0.3, 0.4) is 0 Å². The van der Waals surface area contributed by atoms with E-state index in [2.05, 4.69) is 16.6 Å². The van der Waals surface area contributed by atoms with E-state index in [-0.39, 0.29) is 11.4 Å². The van der Waals surface area contributed by atoms with Gasteiger partial charge in [-0.05, 0) is 43.5 Å². The van der Waals surface area contributed by atoms with E-state index in [4.69, 9.17) is 0 Å². The molecule has 1 aliphatic carbocycles. The molecule has 0 spiro atoms. The van der Waals surface area contributed by atoms with Crippen molar-refractivity contribution in [3.63, 3.8) is 0 Å². The lowest BCUT2D eigenvalue weighted by Gasteiger charge is -2.30. The van der Waals surface area contributed by atoms with Gasteiger partial charge in [-0.2, -0.15) is 0 Å². The summed E-state index contributed by atoms with van der Waals surface area (Å²) in [6, 6.07) is 4.61. The number of benzene rings is 1. The van der Waals surface area contributed by atoms with Crippen LogP contribution in [0.2, 0.25) is 0 Å². The van der Waals surface area contributed by atoms with E-state index in [1.54, 1.807) is 0 Å². The zero-order valence-electron chi connectivity index (χ0n) is 10.9. The summed E-state index contributed by atoms with van der Waals surface area (Å²) in [7, 11) is -3.63. The summed E-state index contributed by atoms with van der Waals surface area (Å²) in [4.78, 5) is 0.0180. The normalized spacial score (nSPS) is 16.9. The first-order valence-corrected chi connectivity index (χ1v) is 7.87. The maximum atomic E-state index is 12.7. The van der Waals surface area contributed by atoms with Crippen LogP contribution in [0.5, 0.6) is 0 Å². The van der Waals surface area contributed by atoms with Crippen molar-refractivity contribution in [1.29, 1.82) is 0 Å². The average molecular weight is 297 g/mol. The molecule has 1 saturated carbocycles. The Hall–Kier alpha value is -1.42. The van der Waals surface area contributed by atoms with E-state index in [1.165, 1.54) is 12.1 Å². The van der Waals surface area contributed by atoms with Gasteiger partial charge < -0.3 is 5.11 Å². The van der Waals surface area contributed by atoms with Gasteiger partial charge in [-0.1, -0.05) is 11.8 Å². The number of hydrogen-bond acceptors (Lipinski definition) is 3. The van der Waals surface area contributed by atoms with Crippen molar-refractivity contribution >= 4 is 10.0 Å². The fourth-order valence-electron chi connectivity index (χ4n) is 1.81. The Bertz CT molecular complexity index is 625. The lowest BCUT2D eigenvalue weighted by Crippen LogP contribution is -2.34. The Morgan fingerprint density at radius 1 is 1.30 bits per heavy atom. The first-order chi connectivity index (χ1) is 9.41. The Labute approximate surface area is 118 Å². The van der Waals surface area contributed by atoms with Crippen molar-refractivity contribution in [2.75, 3.05) is 6.54 Å². The summed E-state index contributed by atoms with van der Waals surface area (Å²) in [6.07, 6.45) is 2.66. The predicted octanol–water partition coefficient (Wildman–Crippen LogP) is 1.41. The zero-order valence-corrected chi connectivity index (χ0v) is 11.7. The van der Waals surface area contributed by atoms with Gasteiger partial charge in [0.1, 0.15) is 11.4 Å². The van der Waals surface area contributed by atoms with Gasteiger partial charge in [-0.3, -0.25) is 0 Å². The van der Waals surface area contributed by atoms with Crippen molar-refractivity contribution in [2.45, 2.75) is 36.2 Å². The monoisotopic (exact) mass is 297 g/mol. The molecule has 0 heterocycles. The summed E-state index contributed by atoms with van der Waals surface area (Å²) in [6.45, 7) is 0.156. The highest BCUT2D eigenvalue weighted by molar-refractivity contribution is 7.89.